The van der Waals surface area contributed by atoms with Crippen molar-refractivity contribution >= 4 is 23.3 Å². The van der Waals surface area contributed by atoms with E-state index in [1.807, 2.05) is 13.8 Å². The van der Waals surface area contributed by atoms with Crippen molar-refractivity contribution in [3.8, 4) is 5.75 Å². The highest BCUT2D eigenvalue weighted by atomic mass is 35.5. The van der Waals surface area contributed by atoms with Crippen molar-refractivity contribution in [2.75, 3.05) is 19.0 Å². The first-order valence-corrected chi connectivity index (χ1v) is 6.91. The van der Waals surface area contributed by atoms with E-state index in [1.54, 1.807) is 18.2 Å². The maximum atomic E-state index is 12.1. The molecule has 3 N–H and O–H groups in total. The number of methoxy groups -OCH3 is 1. The minimum atomic E-state index is -0.615. The Morgan fingerprint density at radius 1 is 1.40 bits per heavy atom. The molecule has 1 aromatic carbocycles. The summed E-state index contributed by atoms with van der Waals surface area (Å²) in [7, 11) is 1.52. The average molecular weight is 301 g/mol. The van der Waals surface area contributed by atoms with E-state index in [0.717, 1.165) is 0 Å². The molecule has 112 valence electrons. The first-order valence-electron chi connectivity index (χ1n) is 6.53. The second-order valence-corrected chi connectivity index (χ2v) is 5.01. The first kappa shape index (κ1) is 16.6. The summed E-state index contributed by atoms with van der Waals surface area (Å²) in [6.07, 6.45) is 1.28. The van der Waals surface area contributed by atoms with Crippen molar-refractivity contribution in [2.45, 2.75) is 32.2 Å². The Kier molecular flexibility index (Phi) is 6.10. The lowest BCUT2D eigenvalue weighted by Crippen LogP contribution is -2.52. The highest BCUT2D eigenvalue weighted by Crippen LogP contribution is 2.27. The van der Waals surface area contributed by atoms with E-state index in [1.165, 1.54) is 7.11 Å². The predicted molar refractivity (Wildman–Crippen MR) is 80.6 cm³/mol. The monoisotopic (exact) mass is 300 g/mol. The number of ether oxygens (including phenoxy) is 1. The number of aliphatic hydroxyl groups is 1. The van der Waals surface area contributed by atoms with Gasteiger partial charge < -0.3 is 20.5 Å². The Morgan fingerprint density at radius 3 is 2.55 bits per heavy atom. The van der Waals surface area contributed by atoms with Crippen molar-refractivity contribution in [1.82, 2.24) is 5.32 Å². The molecule has 2 amide bonds. The van der Waals surface area contributed by atoms with Gasteiger partial charge in [0.05, 0.1) is 24.9 Å². The number of rotatable bonds is 6. The summed E-state index contributed by atoms with van der Waals surface area (Å²) in [5.41, 5.74) is -0.132. The molecule has 0 aliphatic carbocycles. The molecule has 0 aliphatic heterocycles. The Hall–Kier alpha value is -1.46. The third-order valence-corrected chi connectivity index (χ3v) is 3.68. The number of benzene rings is 1. The fourth-order valence-electron chi connectivity index (χ4n) is 1.86. The maximum absolute atomic E-state index is 12.1. The number of nitrogens with one attached hydrogen (secondary N) is 2. The Morgan fingerprint density at radius 2 is 2.05 bits per heavy atom. The number of anilines is 1. The molecule has 0 aromatic heterocycles. The molecule has 5 nitrogen and oxygen atoms in total. The van der Waals surface area contributed by atoms with Gasteiger partial charge in [-0.05, 0) is 31.0 Å². The van der Waals surface area contributed by atoms with Crippen LogP contribution in [0.4, 0.5) is 10.5 Å². The average Bonchev–Trinajstić information content (AvgIpc) is 2.45. The number of carbonyl (C=O) groups is 1. The van der Waals surface area contributed by atoms with Crippen LogP contribution in [0.25, 0.3) is 0 Å². The molecular weight excluding hydrogens is 280 g/mol. The van der Waals surface area contributed by atoms with Gasteiger partial charge in [0, 0.05) is 5.02 Å². The summed E-state index contributed by atoms with van der Waals surface area (Å²) in [6, 6.07) is 4.57. The van der Waals surface area contributed by atoms with Crippen molar-refractivity contribution in [1.29, 1.82) is 0 Å². The van der Waals surface area contributed by atoms with E-state index in [-0.39, 0.29) is 6.61 Å². The van der Waals surface area contributed by atoms with Crippen LogP contribution in [0, 0.1) is 0 Å². The van der Waals surface area contributed by atoms with Crippen LogP contribution in [-0.2, 0) is 0 Å². The first-order chi connectivity index (χ1) is 9.50. The molecule has 1 aromatic rings. The maximum Gasteiger partial charge on any atom is 0.319 e. The van der Waals surface area contributed by atoms with Gasteiger partial charge in [0.15, 0.2) is 0 Å². The van der Waals surface area contributed by atoms with Crippen LogP contribution >= 0.6 is 11.6 Å². The molecule has 0 atom stereocenters. The molecule has 0 bridgehead atoms. The van der Waals surface area contributed by atoms with Crippen LogP contribution in [0.1, 0.15) is 26.7 Å². The number of urea groups is 1. The molecule has 0 heterocycles. The third-order valence-electron chi connectivity index (χ3n) is 3.44. The lowest BCUT2D eigenvalue weighted by Gasteiger charge is -2.30. The second kappa shape index (κ2) is 7.36. The predicted octanol–water partition coefficient (Wildman–Crippen LogP) is 3.02. The molecule has 1 rings (SSSR count). The van der Waals surface area contributed by atoms with Crippen LogP contribution in [-0.4, -0.2) is 30.4 Å². The van der Waals surface area contributed by atoms with Gasteiger partial charge in [0.2, 0.25) is 0 Å². The molecule has 0 spiro atoms. The van der Waals surface area contributed by atoms with Gasteiger partial charge in [0.1, 0.15) is 5.75 Å². The fourth-order valence-corrected chi connectivity index (χ4v) is 2.03. The summed E-state index contributed by atoms with van der Waals surface area (Å²) < 4.78 is 5.16. The Bertz CT molecular complexity index is 453. The number of hydrogen-bond donors (Lipinski definition) is 3. The van der Waals surface area contributed by atoms with Gasteiger partial charge in [-0.3, -0.25) is 0 Å². The molecule has 0 aliphatic rings. The van der Waals surface area contributed by atoms with E-state index in [2.05, 4.69) is 10.6 Å². The van der Waals surface area contributed by atoms with Gasteiger partial charge in [-0.2, -0.15) is 0 Å². The minimum absolute atomic E-state index is 0.111. The Balaban J connectivity index is 2.83. The Labute approximate surface area is 124 Å². The summed E-state index contributed by atoms with van der Waals surface area (Å²) in [6.45, 7) is 3.72. The number of carbonyl (C=O) groups excluding carboxylic acids is 1. The molecule has 0 saturated heterocycles. The molecular formula is C14H21ClN2O3. The lowest BCUT2D eigenvalue weighted by atomic mass is 9.94. The smallest absolute Gasteiger partial charge is 0.319 e. The number of hydrogen-bond acceptors (Lipinski definition) is 3. The highest BCUT2D eigenvalue weighted by molar-refractivity contribution is 6.31. The molecule has 0 unspecified atom stereocenters. The van der Waals surface area contributed by atoms with E-state index < -0.39 is 11.6 Å². The zero-order chi connectivity index (χ0) is 15.2. The zero-order valence-electron chi connectivity index (χ0n) is 12.0. The fraction of sp³-hybridized carbons (Fsp3) is 0.500. The van der Waals surface area contributed by atoms with Crippen LogP contribution in [0.5, 0.6) is 5.75 Å². The van der Waals surface area contributed by atoms with Crippen molar-refractivity contribution in [3.05, 3.63) is 23.2 Å². The SMILES string of the molecule is CCC(CC)(CO)NC(=O)Nc1cc(Cl)ccc1OC. The van der Waals surface area contributed by atoms with Crippen molar-refractivity contribution < 1.29 is 14.6 Å². The van der Waals surface area contributed by atoms with E-state index in [4.69, 9.17) is 16.3 Å². The topological polar surface area (TPSA) is 70.6 Å². The van der Waals surface area contributed by atoms with Crippen LogP contribution in [0.15, 0.2) is 18.2 Å². The van der Waals surface area contributed by atoms with Crippen molar-refractivity contribution in [2.24, 2.45) is 0 Å². The van der Waals surface area contributed by atoms with Gasteiger partial charge in [0.25, 0.3) is 0 Å². The molecule has 0 radical (unpaired) electrons. The number of amides is 2. The third kappa shape index (κ3) is 4.02. The van der Waals surface area contributed by atoms with E-state index in [9.17, 15) is 9.90 Å². The number of aliphatic hydroxyl groups excluding tert-OH is 1. The van der Waals surface area contributed by atoms with Gasteiger partial charge in [-0.15, -0.1) is 0 Å². The van der Waals surface area contributed by atoms with E-state index >= 15 is 0 Å². The van der Waals surface area contributed by atoms with Gasteiger partial charge in [-0.1, -0.05) is 25.4 Å². The van der Waals surface area contributed by atoms with Crippen LogP contribution in [0.2, 0.25) is 5.02 Å². The van der Waals surface area contributed by atoms with Gasteiger partial charge in [-0.25, -0.2) is 4.79 Å². The number of halogens is 1. The molecule has 20 heavy (non-hydrogen) atoms. The standard InChI is InChI=1S/C14H21ClN2O3/c1-4-14(5-2,9-18)17-13(19)16-11-8-10(15)6-7-12(11)20-3/h6-8,18H,4-5,9H2,1-3H3,(H2,16,17,19). The van der Waals surface area contributed by atoms with Gasteiger partial charge >= 0.3 is 6.03 Å². The largest absolute Gasteiger partial charge is 0.495 e. The molecule has 0 saturated carbocycles. The normalized spacial score (nSPS) is 11.1. The molecule has 6 heteroatoms. The summed E-state index contributed by atoms with van der Waals surface area (Å²) in [5.74, 6) is 0.521. The van der Waals surface area contributed by atoms with Crippen LogP contribution < -0.4 is 15.4 Å². The zero-order valence-corrected chi connectivity index (χ0v) is 12.8. The van der Waals surface area contributed by atoms with Crippen molar-refractivity contribution in [3.63, 3.8) is 0 Å². The summed E-state index contributed by atoms with van der Waals surface area (Å²) in [4.78, 5) is 12.1. The lowest BCUT2D eigenvalue weighted by molar-refractivity contribution is 0.155. The molecule has 0 fully saturated rings. The second-order valence-electron chi connectivity index (χ2n) is 4.57. The van der Waals surface area contributed by atoms with Crippen LogP contribution in [0.3, 0.4) is 0 Å². The quantitative estimate of drug-likeness (QED) is 0.756. The highest BCUT2D eigenvalue weighted by Gasteiger charge is 2.27. The van der Waals surface area contributed by atoms with E-state index in [0.29, 0.717) is 29.3 Å². The summed E-state index contributed by atoms with van der Waals surface area (Å²) in [5, 5.41) is 15.4. The summed E-state index contributed by atoms with van der Waals surface area (Å²) >= 11 is 5.90. The minimum Gasteiger partial charge on any atom is -0.495 e.